The van der Waals surface area contributed by atoms with Gasteiger partial charge in [-0.25, -0.2) is 0 Å². The van der Waals surface area contributed by atoms with Crippen molar-refractivity contribution in [2.24, 2.45) is 11.8 Å². The fraction of sp³-hybridized carbons (Fsp3) is 0.579. The Balaban J connectivity index is 1.59. The number of alkyl halides is 3. The third kappa shape index (κ3) is 4.37. The van der Waals surface area contributed by atoms with E-state index in [1.54, 1.807) is 11.0 Å². The van der Waals surface area contributed by atoms with Gasteiger partial charge in [0.15, 0.2) is 0 Å². The molecule has 0 aromatic heterocycles. The largest absolute Gasteiger partial charge is 0.481 e. The first-order valence-corrected chi connectivity index (χ1v) is 8.93. The van der Waals surface area contributed by atoms with Gasteiger partial charge < -0.3 is 10.0 Å². The van der Waals surface area contributed by atoms with Crippen LogP contribution in [-0.2, 0) is 15.8 Å². The number of likely N-dealkylation sites (tertiary alicyclic amines) is 1. The fourth-order valence-electron chi connectivity index (χ4n) is 3.84. The number of carbonyl (C=O) groups excluding carboxylic acids is 1. The normalized spacial score (nSPS) is 25.8. The van der Waals surface area contributed by atoms with Gasteiger partial charge in [-0.05, 0) is 49.1 Å². The molecular formula is C19H22F3NO3. The number of benzene rings is 1. The minimum Gasteiger partial charge on any atom is -0.481 e. The van der Waals surface area contributed by atoms with Gasteiger partial charge >= 0.3 is 12.1 Å². The predicted octanol–water partition coefficient (Wildman–Crippen LogP) is 3.91. The van der Waals surface area contributed by atoms with Crippen LogP contribution in [0.1, 0.15) is 49.1 Å². The number of halogens is 3. The first-order valence-electron chi connectivity index (χ1n) is 8.93. The van der Waals surface area contributed by atoms with Crippen LogP contribution >= 0.6 is 0 Å². The lowest BCUT2D eigenvalue weighted by Crippen LogP contribution is -2.41. The summed E-state index contributed by atoms with van der Waals surface area (Å²) in [5.74, 6) is -1.05. The third-order valence-corrected chi connectivity index (χ3v) is 5.35. The second-order valence-electron chi connectivity index (χ2n) is 7.30. The minimum absolute atomic E-state index is 0.00700. The number of amides is 1. The summed E-state index contributed by atoms with van der Waals surface area (Å²) in [5, 5.41) is 8.80. The van der Waals surface area contributed by atoms with Crippen molar-refractivity contribution in [1.82, 2.24) is 4.90 Å². The molecule has 2 aliphatic rings. The molecule has 142 valence electrons. The number of hydrogen-bond donors (Lipinski definition) is 1. The Kier molecular flexibility index (Phi) is 5.25. The predicted molar refractivity (Wildman–Crippen MR) is 88.5 cm³/mol. The van der Waals surface area contributed by atoms with Crippen LogP contribution in [0.4, 0.5) is 13.2 Å². The van der Waals surface area contributed by atoms with Gasteiger partial charge in [0.2, 0.25) is 5.91 Å². The molecule has 7 heteroatoms. The zero-order valence-electron chi connectivity index (χ0n) is 14.3. The Bertz CT molecular complexity index is 689. The van der Waals surface area contributed by atoms with E-state index in [-0.39, 0.29) is 30.1 Å². The highest BCUT2D eigenvalue weighted by atomic mass is 19.4. The summed E-state index contributed by atoms with van der Waals surface area (Å²) in [6.07, 6.45) is -1.38. The summed E-state index contributed by atoms with van der Waals surface area (Å²) in [4.78, 5) is 25.2. The van der Waals surface area contributed by atoms with E-state index in [2.05, 4.69) is 0 Å². The van der Waals surface area contributed by atoms with Crippen LogP contribution in [0.15, 0.2) is 24.3 Å². The number of carboxylic acids is 1. The molecule has 4 nitrogen and oxygen atoms in total. The first-order chi connectivity index (χ1) is 12.3. The molecule has 0 unspecified atom stereocenters. The highest BCUT2D eigenvalue weighted by molar-refractivity contribution is 5.83. The maximum absolute atomic E-state index is 12.9. The number of nitrogens with zero attached hydrogens (tertiary/aromatic N) is 1. The number of carboxylic acid groups (broad SMARTS) is 1. The maximum Gasteiger partial charge on any atom is 0.416 e. The molecule has 0 bridgehead atoms. The van der Waals surface area contributed by atoms with Gasteiger partial charge in [-0.15, -0.1) is 0 Å². The topological polar surface area (TPSA) is 57.6 Å². The number of carbonyl (C=O) groups is 2. The molecule has 1 aliphatic heterocycles. The van der Waals surface area contributed by atoms with Crippen molar-refractivity contribution in [2.75, 3.05) is 13.1 Å². The molecule has 1 aromatic carbocycles. The van der Waals surface area contributed by atoms with Crippen molar-refractivity contribution in [2.45, 2.75) is 44.2 Å². The van der Waals surface area contributed by atoms with E-state index < -0.39 is 17.7 Å². The summed E-state index contributed by atoms with van der Waals surface area (Å²) < 4.78 is 38.6. The van der Waals surface area contributed by atoms with Crippen molar-refractivity contribution in [1.29, 1.82) is 0 Å². The maximum atomic E-state index is 12.9. The van der Waals surface area contributed by atoms with Gasteiger partial charge in [0.05, 0.1) is 5.56 Å². The Morgan fingerprint density at radius 3 is 2.73 bits per heavy atom. The smallest absolute Gasteiger partial charge is 0.416 e. The van der Waals surface area contributed by atoms with Crippen LogP contribution < -0.4 is 0 Å². The summed E-state index contributed by atoms with van der Waals surface area (Å²) in [6.45, 7) is 1.20. The van der Waals surface area contributed by atoms with Crippen LogP contribution in [0.25, 0.3) is 0 Å². The molecular weight excluding hydrogens is 347 g/mol. The second-order valence-corrected chi connectivity index (χ2v) is 7.30. The molecule has 1 heterocycles. The van der Waals surface area contributed by atoms with Crippen molar-refractivity contribution in [3.8, 4) is 0 Å². The molecule has 26 heavy (non-hydrogen) atoms. The summed E-state index contributed by atoms with van der Waals surface area (Å²) in [7, 11) is 0. The highest BCUT2D eigenvalue weighted by Crippen LogP contribution is 2.49. The van der Waals surface area contributed by atoms with Gasteiger partial charge in [0.1, 0.15) is 0 Å². The Morgan fingerprint density at radius 2 is 2.04 bits per heavy atom. The SMILES string of the molecule is O=C(O)CC[C@@H]1CCCN(C(=O)[C@H]2C[C@H]2c2cccc(C(F)(F)F)c2)C1. The van der Waals surface area contributed by atoms with Crippen LogP contribution in [0.3, 0.4) is 0 Å². The molecule has 1 aromatic rings. The molecule has 2 fully saturated rings. The van der Waals surface area contributed by atoms with Gasteiger partial charge in [-0.3, -0.25) is 9.59 Å². The van der Waals surface area contributed by atoms with Gasteiger partial charge in [0.25, 0.3) is 0 Å². The van der Waals surface area contributed by atoms with Crippen molar-refractivity contribution in [3.05, 3.63) is 35.4 Å². The fourth-order valence-corrected chi connectivity index (χ4v) is 3.84. The van der Waals surface area contributed by atoms with Crippen LogP contribution in [0.5, 0.6) is 0 Å². The first kappa shape index (κ1) is 18.7. The number of piperidine rings is 1. The van der Waals surface area contributed by atoms with Crippen molar-refractivity contribution >= 4 is 11.9 Å². The van der Waals surface area contributed by atoms with E-state index in [1.165, 1.54) is 6.07 Å². The summed E-state index contributed by atoms with van der Waals surface area (Å²) >= 11 is 0. The quantitative estimate of drug-likeness (QED) is 0.856. The van der Waals surface area contributed by atoms with E-state index >= 15 is 0 Å². The van der Waals surface area contributed by atoms with Gasteiger partial charge in [-0.2, -0.15) is 13.2 Å². The number of aliphatic carboxylic acids is 1. The Hall–Kier alpha value is -2.05. The number of hydrogen-bond acceptors (Lipinski definition) is 2. The van der Waals surface area contributed by atoms with Crippen molar-refractivity contribution < 1.29 is 27.9 Å². The van der Waals surface area contributed by atoms with E-state index in [9.17, 15) is 22.8 Å². The molecule has 1 N–H and O–H groups in total. The zero-order valence-corrected chi connectivity index (χ0v) is 14.3. The molecule has 1 saturated carbocycles. The summed E-state index contributed by atoms with van der Waals surface area (Å²) in [6, 6.07) is 5.23. The van der Waals surface area contributed by atoms with Crippen LogP contribution in [-0.4, -0.2) is 35.0 Å². The second kappa shape index (κ2) is 7.29. The molecule has 1 saturated heterocycles. The minimum atomic E-state index is -4.38. The van der Waals surface area contributed by atoms with E-state index in [0.717, 1.165) is 25.0 Å². The lowest BCUT2D eigenvalue weighted by Gasteiger charge is -2.33. The van der Waals surface area contributed by atoms with E-state index in [0.29, 0.717) is 31.5 Å². The van der Waals surface area contributed by atoms with E-state index in [1.807, 2.05) is 0 Å². The Labute approximate surface area is 150 Å². The molecule has 1 amide bonds. The zero-order chi connectivity index (χ0) is 18.9. The van der Waals surface area contributed by atoms with Gasteiger partial charge in [-0.1, -0.05) is 18.2 Å². The average molecular weight is 369 g/mol. The highest BCUT2D eigenvalue weighted by Gasteiger charge is 2.46. The monoisotopic (exact) mass is 369 g/mol. The number of rotatable bonds is 5. The van der Waals surface area contributed by atoms with E-state index in [4.69, 9.17) is 5.11 Å². The lowest BCUT2D eigenvalue weighted by atomic mass is 9.93. The van der Waals surface area contributed by atoms with Crippen molar-refractivity contribution in [3.63, 3.8) is 0 Å². The summed E-state index contributed by atoms with van der Waals surface area (Å²) in [5.41, 5.74) is -0.114. The molecule has 0 spiro atoms. The van der Waals surface area contributed by atoms with Crippen LogP contribution in [0, 0.1) is 11.8 Å². The Morgan fingerprint density at radius 1 is 1.27 bits per heavy atom. The van der Waals surface area contributed by atoms with Crippen LogP contribution in [0.2, 0.25) is 0 Å². The lowest BCUT2D eigenvalue weighted by molar-refractivity contribution is -0.138. The molecule has 1 aliphatic carbocycles. The molecule has 0 radical (unpaired) electrons. The third-order valence-electron chi connectivity index (χ3n) is 5.35. The standard InChI is InChI=1S/C19H22F3NO3/c20-19(21,22)14-5-1-4-13(9-14)15-10-16(15)18(26)23-8-2-3-12(11-23)6-7-17(24)25/h1,4-5,9,12,15-16H,2-3,6-8,10-11H2,(H,24,25)/t12-,15-,16-/m0/s1. The molecule has 3 rings (SSSR count). The van der Waals surface area contributed by atoms with Gasteiger partial charge in [0, 0.05) is 25.4 Å². The average Bonchev–Trinajstić information content (AvgIpc) is 3.40. The molecule has 3 atom stereocenters.